The SMILES string of the molecule is Cc1cccc(/C=C(\C#N)C(=O)Nc2ccc(S(N)(=O)=O)cc2)c1. The summed E-state index contributed by atoms with van der Waals surface area (Å²) in [4.78, 5) is 12.1. The standard InChI is InChI=1S/C17H15N3O3S/c1-12-3-2-4-13(9-12)10-14(11-18)17(21)20-15-5-7-16(8-6-15)24(19,22)23/h2-10H,1H3,(H,20,21)(H2,19,22,23)/b14-10+. The molecule has 0 heterocycles. The second kappa shape index (κ2) is 7.08. The Morgan fingerprint density at radius 3 is 2.42 bits per heavy atom. The molecule has 0 fully saturated rings. The first kappa shape index (κ1) is 17.4. The predicted molar refractivity (Wildman–Crippen MR) is 91.2 cm³/mol. The molecule has 0 atom stereocenters. The number of primary sulfonamides is 1. The number of hydrogen-bond donors (Lipinski definition) is 2. The number of nitrogens with two attached hydrogens (primary N) is 1. The third-order valence-electron chi connectivity index (χ3n) is 3.16. The Morgan fingerprint density at radius 2 is 1.88 bits per heavy atom. The van der Waals surface area contributed by atoms with Crippen molar-refractivity contribution in [2.24, 2.45) is 5.14 Å². The van der Waals surface area contributed by atoms with Gasteiger partial charge in [-0.05, 0) is 42.8 Å². The van der Waals surface area contributed by atoms with E-state index in [4.69, 9.17) is 5.14 Å². The minimum atomic E-state index is -3.79. The molecule has 0 aliphatic carbocycles. The first-order chi connectivity index (χ1) is 11.3. The maximum Gasteiger partial charge on any atom is 0.266 e. The monoisotopic (exact) mass is 341 g/mol. The van der Waals surface area contributed by atoms with E-state index in [0.717, 1.165) is 11.1 Å². The molecule has 0 saturated carbocycles. The summed E-state index contributed by atoms with van der Waals surface area (Å²) in [5.41, 5.74) is 2.06. The molecule has 2 rings (SSSR count). The lowest BCUT2D eigenvalue weighted by Gasteiger charge is -2.05. The maximum absolute atomic E-state index is 12.2. The quantitative estimate of drug-likeness (QED) is 0.655. The number of nitrogens with zero attached hydrogens (tertiary/aromatic N) is 1. The van der Waals surface area contributed by atoms with Crippen molar-refractivity contribution in [3.05, 3.63) is 65.2 Å². The van der Waals surface area contributed by atoms with Gasteiger partial charge < -0.3 is 5.32 Å². The number of rotatable bonds is 4. The summed E-state index contributed by atoms with van der Waals surface area (Å²) in [6, 6.07) is 14.6. The summed E-state index contributed by atoms with van der Waals surface area (Å²) in [7, 11) is -3.79. The van der Waals surface area contributed by atoms with E-state index < -0.39 is 15.9 Å². The van der Waals surface area contributed by atoms with Crippen molar-refractivity contribution in [3.63, 3.8) is 0 Å². The van der Waals surface area contributed by atoms with Gasteiger partial charge in [0.15, 0.2) is 0 Å². The average Bonchev–Trinajstić information content (AvgIpc) is 2.52. The van der Waals surface area contributed by atoms with Gasteiger partial charge in [0.1, 0.15) is 11.6 Å². The Hall–Kier alpha value is -2.95. The van der Waals surface area contributed by atoms with Crippen molar-refractivity contribution >= 4 is 27.7 Å². The average molecular weight is 341 g/mol. The van der Waals surface area contributed by atoms with Crippen LogP contribution < -0.4 is 10.5 Å². The molecule has 2 aromatic carbocycles. The van der Waals surface area contributed by atoms with Crippen LogP contribution in [0.4, 0.5) is 5.69 Å². The van der Waals surface area contributed by atoms with Gasteiger partial charge in [-0.25, -0.2) is 13.6 Å². The van der Waals surface area contributed by atoms with E-state index in [2.05, 4.69) is 5.32 Å². The molecule has 0 unspecified atom stereocenters. The number of carbonyl (C=O) groups excluding carboxylic acids is 1. The van der Waals surface area contributed by atoms with Gasteiger partial charge in [-0.2, -0.15) is 5.26 Å². The molecule has 0 bridgehead atoms. The fourth-order valence-electron chi connectivity index (χ4n) is 2.00. The van der Waals surface area contributed by atoms with Crippen LogP contribution in [0.25, 0.3) is 6.08 Å². The number of anilines is 1. The number of hydrogen-bond acceptors (Lipinski definition) is 4. The molecule has 122 valence electrons. The zero-order chi connectivity index (χ0) is 17.7. The normalized spacial score (nSPS) is 11.6. The lowest BCUT2D eigenvalue weighted by Crippen LogP contribution is -2.14. The summed E-state index contributed by atoms with van der Waals surface area (Å²) in [6.07, 6.45) is 1.49. The zero-order valence-electron chi connectivity index (χ0n) is 12.9. The summed E-state index contributed by atoms with van der Waals surface area (Å²) < 4.78 is 22.4. The number of aryl methyl sites for hydroxylation is 1. The van der Waals surface area contributed by atoms with Crippen LogP contribution >= 0.6 is 0 Å². The van der Waals surface area contributed by atoms with Gasteiger partial charge in [-0.3, -0.25) is 4.79 Å². The summed E-state index contributed by atoms with van der Waals surface area (Å²) in [6.45, 7) is 1.91. The Morgan fingerprint density at radius 1 is 1.21 bits per heavy atom. The first-order valence-corrected chi connectivity index (χ1v) is 8.47. The molecule has 3 N–H and O–H groups in total. The largest absolute Gasteiger partial charge is 0.321 e. The van der Waals surface area contributed by atoms with Crippen molar-refractivity contribution in [3.8, 4) is 6.07 Å². The van der Waals surface area contributed by atoms with Gasteiger partial charge >= 0.3 is 0 Å². The molecule has 0 aliphatic rings. The van der Waals surface area contributed by atoms with Gasteiger partial charge in [0.2, 0.25) is 10.0 Å². The summed E-state index contributed by atoms with van der Waals surface area (Å²) in [5, 5.41) is 16.7. The van der Waals surface area contributed by atoms with E-state index in [9.17, 15) is 18.5 Å². The number of amides is 1. The first-order valence-electron chi connectivity index (χ1n) is 6.92. The molecule has 0 spiro atoms. The highest BCUT2D eigenvalue weighted by molar-refractivity contribution is 7.89. The topological polar surface area (TPSA) is 113 Å². The number of nitriles is 1. The number of nitrogens with one attached hydrogen (secondary N) is 1. The zero-order valence-corrected chi connectivity index (χ0v) is 13.7. The van der Waals surface area contributed by atoms with E-state index in [1.165, 1.54) is 30.3 Å². The lowest BCUT2D eigenvalue weighted by atomic mass is 10.1. The van der Waals surface area contributed by atoms with Crippen LogP contribution in [0.3, 0.4) is 0 Å². The molecule has 1 amide bonds. The molecular formula is C17H15N3O3S. The molecule has 0 saturated heterocycles. The van der Waals surface area contributed by atoms with Gasteiger partial charge in [-0.15, -0.1) is 0 Å². The van der Waals surface area contributed by atoms with E-state index in [-0.39, 0.29) is 10.5 Å². The molecule has 0 radical (unpaired) electrons. The fourth-order valence-corrected chi connectivity index (χ4v) is 2.52. The van der Waals surface area contributed by atoms with Crippen molar-refractivity contribution in [2.45, 2.75) is 11.8 Å². The van der Waals surface area contributed by atoms with Gasteiger partial charge in [0, 0.05) is 5.69 Å². The van der Waals surface area contributed by atoms with Crippen LogP contribution in [0.5, 0.6) is 0 Å². The van der Waals surface area contributed by atoms with E-state index in [1.54, 1.807) is 6.07 Å². The molecular weight excluding hydrogens is 326 g/mol. The van der Waals surface area contributed by atoms with Crippen molar-refractivity contribution in [2.75, 3.05) is 5.32 Å². The van der Waals surface area contributed by atoms with Gasteiger partial charge in [0.05, 0.1) is 4.90 Å². The second-order valence-corrected chi connectivity index (χ2v) is 6.67. The Bertz CT molecular complexity index is 940. The maximum atomic E-state index is 12.2. The van der Waals surface area contributed by atoms with Crippen LogP contribution in [0.1, 0.15) is 11.1 Å². The predicted octanol–water partition coefficient (Wildman–Crippen LogP) is 2.19. The number of carbonyl (C=O) groups is 1. The van der Waals surface area contributed by atoms with Gasteiger partial charge in [-0.1, -0.05) is 29.8 Å². The van der Waals surface area contributed by atoms with E-state index >= 15 is 0 Å². The molecule has 0 aromatic heterocycles. The lowest BCUT2D eigenvalue weighted by molar-refractivity contribution is -0.112. The molecule has 7 heteroatoms. The minimum Gasteiger partial charge on any atom is -0.321 e. The molecule has 24 heavy (non-hydrogen) atoms. The molecule has 0 aliphatic heterocycles. The van der Waals surface area contributed by atoms with Crippen LogP contribution in [0.15, 0.2) is 59.0 Å². The van der Waals surface area contributed by atoms with Gasteiger partial charge in [0.25, 0.3) is 5.91 Å². The number of sulfonamides is 1. The highest BCUT2D eigenvalue weighted by atomic mass is 32.2. The van der Waals surface area contributed by atoms with Crippen molar-refractivity contribution in [1.29, 1.82) is 5.26 Å². The van der Waals surface area contributed by atoms with Crippen LogP contribution in [-0.4, -0.2) is 14.3 Å². The molecule has 6 nitrogen and oxygen atoms in total. The van der Waals surface area contributed by atoms with Crippen molar-refractivity contribution < 1.29 is 13.2 Å². The van der Waals surface area contributed by atoms with E-state index in [0.29, 0.717) is 5.69 Å². The highest BCUT2D eigenvalue weighted by Crippen LogP contribution is 2.15. The Kier molecular flexibility index (Phi) is 5.14. The van der Waals surface area contributed by atoms with Crippen LogP contribution in [0, 0.1) is 18.3 Å². The Balaban J connectivity index is 2.20. The summed E-state index contributed by atoms with van der Waals surface area (Å²) in [5.74, 6) is -0.581. The molecule has 2 aromatic rings. The van der Waals surface area contributed by atoms with Crippen LogP contribution in [-0.2, 0) is 14.8 Å². The third kappa shape index (κ3) is 4.52. The second-order valence-electron chi connectivity index (χ2n) is 5.11. The number of benzene rings is 2. The van der Waals surface area contributed by atoms with Crippen molar-refractivity contribution in [1.82, 2.24) is 0 Å². The minimum absolute atomic E-state index is 0.0590. The smallest absolute Gasteiger partial charge is 0.266 e. The van der Waals surface area contributed by atoms with Crippen LogP contribution in [0.2, 0.25) is 0 Å². The fraction of sp³-hybridized carbons (Fsp3) is 0.0588. The Labute approximate surface area is 140 Å². The summed E-state index contributed by atoms with van der Waals surface area (Å²) >= 11 is 0. The van der Waals surface area contributed by atoms with E-state index in [1.807, 2.05) is 31.2 Å². The third-order valence-corrected chi connectivity index (χ3v) is 4.09. The highest BCUT2D eigenvalue weighted by Gasteiger charge is 2.11.